The fourth-order valence-corrected chi connectivity index (χ4v) is 0.855. The normalized spacial score (nSPS) is 20.3. The average molecular weight is 151 g/mol. The summed E-state index contributed by atoms with van der Waals surface area (Å²) >= 11 is 0. The summed E-state index contributed by atoms with van der Waals surface area (Å²) in [5.74, 6) is 0.246. The van der Waals surface area contributed by atoms with Crippen molar-refractivity contribution < 1.29 is 5.11 Å². The molecule has 1 aromatic rings. The van der Waals surface area contributed by atoms with Crippen molar-refractivity contribution in [3.05, 3.63) is 17.2 Å². The molecule has 0 bridgehead atoms. The summed E-state index contributed by atoms with van der Waals surface area (Å²) in [4.78, 5) is 14.8. The van der Waals surface area contributed by atoms with Gasteiger partial charge in [-0.15, -0.1) is 0 Å². The maximum atomic E-state index is 8.92. The van der Waals surface area contributed by atoms with Gasteiger partial charge in [0, 0.05) is 0 Å². The van der Waals surface area contributed by atoms with Crippen LogP contribution in [0.2, 0.25) is 0 Å². The van der Waals surface area contributed by atoms with E-state index in [1.165, 1.54) is 6.33 Å². The van der Waals surface area contributed by atoms with Crippen LogP contribution >= 0.6 is 0 Å². The number of anilines is 1. The molecular formula is C5H5N5O. The number of nitrogen functional groups attached to an aromatic ring is 1. The Balaban J connectivity index is 2.87. The monoisotopic (exact) mass is 151 g/mol. The van der Waals surface area contributed by atoms with Crippen molar-refractivity contribution in [1.29, 1.82) is 0 Å². The molecule has 0 saturated carbocycles. The van der Waals surface area contributed by atoms with E-state index in [0.29, 0.717) is 10.8 Å². The fourth-order valence-electron chi connectivity index (χ4n) is 0.855. The lowest BCUT2D eigenvalue weighted by atomic mass is 10.5. The smallest absolute Gasteiger partial charge is 0.245 e. The van der Waals surface area contributed by atoms with Crippen LogP contribution in [0, 0.1) is 0 Å². The first-order valence-corrected chi connectivity index (χ1v) is 2.97. The van der Waals surface area contributed by atoms with Gasteiger partial charge in [0.05, 0.1) is 0 Å². The van der Waals surface area contributed by atoms with Crippen LogP contribution in [0.3, 0.4) is 0 Å². The lowest BCUT2D eigenvalue weighted by Gasteiger charge is -1.86. The largest absolute Gasteiger partial charge is 0.382 e. The van der Waals surface area contributed by atoms with Gasteiger partial charge in [0.2, 0.25) is 6.35 Å². The molecule has 1 aromatic heterocycles. The van der Waals surface area contributed by atoms with Gasteiger partial charge in [-0.1, -0.05) is 0 Å². The van der Waals surface area contributed by atoms with Gasteiger partial charge in [0.25, 0.3) is 0 Å². The standard InChI is InChI=1S/C5H5N5O/c6-3-2-4(8-1-7-3)10-5(11)9-2/h1,5,11H,(H2,6,7,8,10). The van der Waals surface area contributed by atoms with Crippen molar-refractivity contribution in [3.63, 3.8) is 0 Å². The molecule has 1 aliphatic heterocycles. The highest BCUT2D eigenvalue weighted by Crippen LogP contribution is 1.89. The van der Waals surface area contributed by atoms with Gasteiger partial charge >= 0.3 is 0 Å². The van der Waals surface area contributed by atoms with E-state index in [-0.39, 0.29) is 5.82 Å². The van der Waals surface area contributed by atoms with E-state index in [1.54, 1.807) is 0 Å². The second-order valence-electron chi connectivity index (χ2n) is 2.04. The van der Waals surface area contributed by atoms with Crippen molar-refractivity contribution in [2.24, 2.45) is 9.98 Å². The van der Waals surface area contributed by atoms with Gasteiger partial charge in [-0.05, 0) is 0 Å². The SMILES string of the molecule is Nc1ncnc2c1=NC(O)N=2. The van der Waals surface area contributed by atoms with Gasteiger partial charge in [-0.3, -0.25) is 0 Å². The van der Waals surface area contributed by atoms with Crippen molar-refractivity contribution in [2.75, 3.05) is 5.73 Å². The number of nitrogens with zero attached hydrogens (tertiary/aromatic N) is 4. The van der Waals surface area contributed by atoms with E-state index in [9.17, 15) is 0 Å². The first-order chi connectivity index (χ1) is 5.27. The molecule has 0 spiro atoms. The molecule has 6 heteroatoms. The molecular weight excluding hydrogens is 146 g/mol. The predicted molar refractivity (Wildman–Crippen MR) is 34.8 cm³/mol. The Morgan fingerprint density at radius 3 is 2.91 bits per heavy atom. The molecule has 2 heterocycles. The Kier molecular flexibility index (Phi) is 1.10. The number of aliphatic hydroxyl groups excluding tert-OH is 1. The van der Waals surface area contributed by atoms with E-state index in [4.69, 9.17) is 10.8 Å². The Morgan fingerprint density at radius 1 is 1.36 bits per heavy atom. The van der Waals surface area contributed by atoms with Crippen LogP contribution in [0.5, 0.6) is 0 Å². The zero-order valence-electron chi connectivity index (χ0n) is 5.47. The van der Waals surface area contributed by atoms with Gasteiger partial charge in [0.15, 0.2) is 11.3 Å². The Bertz CT molecular complexity index is 400. The summed E-state index contributed by atoms with van der Waals surface area (Å²) in [6, 6.07) is 0. The number of aromatic nitrogens is 2. The molecule has 0 saturated heterocycles. The number of nitrogens with two attached hydrogens (primary N) is 1. The first kappa shape index (κ1) is 6.17. The average Bonchev–Trinajstić information content (AvgIpc) is 2.31. The highest BCUT2D eigenvalue weighted by molar-refractivity contribution is 5.23. The summed E-state index contributed by atoms with van der Waals surface area (Å²) in [5.41, 5.74) is 5.77. The third-order valence-electron chi connectivity index (χ3n) is 1.31. The maximum Gasteiger partial charge on any atom is 0.245 e. The molecule has 6 nitrogen and oxygen atoms in total. The minimum Gasteiger partial charge on any atom is -0.382 e. The second-order valence-corrected chi connectivity index (χ2v) is 2.04. The lowest BCUT2D eigenvalue weighted by molar-refractivity contribution is 0.193. The van der Waals surface area contributed by atoms with E-state index in [0.717, 1.165) is 0 Å². The van der Waals surface area contributed by atoms with Gasteiger partial charge in [0.1, 0.15) is 11.7 Å². The maximum absolute atomic E-state index is 8.92. The van der Waals surface area contributed by atoms with E-state index in [1.807, 2.05) is 0 Å². The number of fused-ring (bicyclic) bond motifs is 1. The molecule has 56 valence electrons. The van der Waals surface area contributed by atoms with Crippen LogP contribution in [0.4, 0.5) is 5.82 Å². The Hall–Kier alpha value is -1.56. The van der Waals surface area contributed by atoms with Crippen LogP contribution in [0.15, 0.2) is 16.3 Å². The first-order valence-electron chi connectivity index (χ1n) is 2.97. The van der Waals surface area contributed by atoms with Gasteiger partial charge in [-0.25, -0.2) is 20.0 Å². The number of aliphatic hydroxyl groups is 1. The zero-order chi connectivity index (χ0) is 7.84. The Morgan fingerprint density at radius 2 is 2.18 bits per heavy atom. The van der Waals surface area contributed by atoms with Crippen LogP contribution in [0.25, 0.3) is 0 Å². The highest BCUT2D eigenvalue weighted by atomic mass is 16.3. The molecule has 2 rings (SSSR count). The summed E-state index contributed by atoms with van der Waals surface area (Å²) in [7, 11) is 0. The topological polar surface area (TPSA) is 96.8 Å². The number of hydrogen-bond acceptors (Lipinski definition) is 6. The molecule has 0 amide bonds. The quantitative estimate of drug-likeness (QED) is 0.431. The van der Waals surface area contributed by atoms with Crippen molar-refractivity contribution >= 4 is 5.82 Å². The van der Waals surface area contributed by atoms with E-state index in [2.05, 4.69) is 20.0 Å². The summed E-state index contributed by atoms with van der Waals surface area (Å²) in [5, 5.41) is 9.29. The molecule has 0 aliphatic carbocycles. The minimum absolute atomic E-state index is 0.246. The highest BCUT2D eigenvalue weighted by Gasteiger charge is 2.08. The predicted octanol–water partition coefficient (Wildman–Crippen LogP) is -2.41. The summed E-state index contributed by atoms with van der Waals surface area (Å²) < 4.78 is 0. The summed E-state index contributed by atoms with van der Waals surface area (Å²) in [6.07, 6.45) is 0.217. The van der Waals surface area contributed by atoms with Crippen LogP contribution in [-0.2, 0) is 0 Å². The molecule has 11 heavy (non-hydrogen) atoms. The number of hydrogen-bond donors (Lipinski definition) is 2. The van der Waals surface area contributed by atoms with Crippen LogP contribution < -0.4 is 16.6 Å². The molecule has 0 fully saturated rings. The van der Waals surface area contributed by atoms with Crippen molar-refractivity contribution in [1.82, 2.24) is 9.97 Å². The second kappa shape index (κ2) is 1.96. The van der Waals surface area contributed by atoms with E-state index < -0.39 is 6.35 Å². The molecule has 1 aliphatic rings. The third kappa shape index (κ3) is 0.838. The fraction of sp³-hybridized carbons (Fsp3) is 0.200. The third-order valence-corrected chi connectivity index (χ3v) is 1.31. The van der Waals surface area contributed by atoms with Gasteiger partial charge < -0.3 is 10.8 Å². The van der Waals surface area contributed by atoms with Crippen LogP contribution in [0.1, 0.15) is 0 Å². The van der Waals surface area contributed by atoms with E-state index >= 15 is 0 Å². The zero-order valence-corrected chi connectivity index (χ0v) is 5.47. The van der Waals surface area contributed by atoms with Crippen LogP contribution in [-0.4, -0.2) is 21.4 Å². The molecule has 0 aromatic carbocycles. The molecule has 0 radical (unpaired) electrons. The van der Waals surface area contributed by atoms with Crippen molar-refractivity contribution in [3.8, 4) is 0 Å². The lowest BCUT2D eigenvalue weighted by Crippen LogP contribution is -2.29. The Labute approximate surface area is 61.2 Å². The minimum atomic E-state index is -1.07. The molecule has 1 unspecified atom stereocenters. The summed E-state index contributed by atoms with van der Waals surface area (Å²) in [6.45, 7) is 0. The molecule has 3 N–H and O–H groups in total. The van der Waals surface area contributed by atoms with Gasteiger partial charge in [-0.2, -0.15) is 0 Å². The van der Waals surface area contributed by atoms with Crippen molar-refractivity contribution in [2.45, 2.75) is 6.35 Å². The number of rotatable bonds is 0. The molecule has 1 atom stereocenters.